The van der Waals surface area contributed by atoms with Gasteiger partial charge < -0.3 is 15.2 Å². The Morgan fingerprint density at radius 1 is 0.966 bits per heavy atom. The van der Waals surface area contributed by atoms with E-state index in [0.29, 0.717) is 12.1 Å². The number of nitrogens with one attached hydrogen (secondary N) is 2. The first-order chi connectivity index (χ1) is 14.2. The zero-order valence-corrected chi connectivity index (χ0v) is 16.9. The van der Waals surface area contributed by atoms with Gasteiger partial charge in [-0.2, -0.15) is 0 Å². The Hall–Kier alpha value is -2.60. The normalized spacial score (nSPS) is 19.7. The number of piperazine rings is 1. The first-order valence-corrected chi connectivity index (χ1v) is 10.7. The number of hydrogen-bond donors (Lipinski definition) is 2. The molecule has 1 aromatic carbocycles. The number of benzene rings is 1. The lowest BCUT2D eigenvalue weighted by molar-refractivity contribution is 0.0426. The third-order valence-electron chi connectivity index (χ3n) is 6.48. The average Bonchev–Trinajstić information content (AvgIpc) is 2.79. The van der Waals surface area contributed by atoms with Gasteiger partial charge in [0.05, 0.1) is 5.56 Å². The van der Waals surface area contributed by atoms with Crippen LogP contribution >= 0.6 is 0 Å². The van der Waals surface area contributed by atoms with E-state index in [4.69, 9.17) is 0 Å². The highest BCUT2D eigenvalue weighted by Gasteiger charge is 2.39. The lowest BCUT2D eigenvalue weighted by atomic mass is 9.79. The largest absolute Gasteiger partial charge is 0.369 e. The van der Waals surface area contributed by atoms with E-state index in [1.165, 1.54) is 37.2 Å². The summed E-state index contributed by atoms with van der Waals surface area (Å²) in [7, 11) is 0. The lowest BCUT2D eigenvalue weighted by Gasteiger charge is -2.50. The number of aromatic amines is 1. The molecule has 1 saturated heterocycles. The molecule has 29 heavy (non-hydrogen) atoms. The Balaban J connectivity index is 1.41. The number of amides is 1. The number of nitrogens with zero attached hydrogens (tertiary/aromatic N) is 2. The SMILES string of the molecule is O=C(NCC1(N2CCN(c3ccccc3)CC2)CCCCC1)c1ccc(=O)[nH]c1. The first-order valence-electron chi connectivity index (χ1n) is 10.7. The fraction of sp³-hybridized carbons (Fsp3) is 0.478. The maximum Gasteiger partial charge on any atom is 0.252 e. The third-order valence-corrected chi connectivity index (χ3v) is 6.48. The van der Waals surface area contributed by atoms with Crippen molar-refractivity contribution in [2.45, 2.75) is 37.6 Å². The highest BCUT2D eigenvalue weighted by molar-refractivity contribution is 5.93. The van der Waals surface area contributed by atoms with E-state index in [0.717, 1.165) is 39.0 Å². The molecule has 4 rings (SSSR count). The molecule has 2 heterocycles. The molecular weight excluding hydrogens is 364 g/mol. The van der Waals surface area contributed by atoms with Crippen LogP contribution in [0.4, 0.5) is 5.69 Å². The second kappa shape index (κ2) is 8.82. The fourth-order valence-electron chi connectivity index (χ4n) is 4.79. The molecular formula is C23H30N4O2. The molecule has 1 aromatic heterocycles. The van der Waals surface area contributed by atoms with E-state index in [1.54, 1.807) is 6.07 Å². The van der Waals surface area contributed by atoms with Crippen molar-refractivity contribution >= 4 is 11.6 Å². The van der Waals surface area contributed by atoms with Crippen LogP contribution in [0.1, 0.15) is 42.5 Å². The molecule has 0 spiro atoms. The summed E-state index contributed by atoms with van der Waals surface area (Å²) in [6.07, 6.45) is 7.46. The predicted octanol–water partition coefficient (Wildman–Crippen LogP) is 2.63. The molecule has 6 heteroatoms. The fourth-order valence-corrected chi connectivity index (χ4v) is 4.79. The van der Waals surface area contributed by atoms with Gasteiger partial charge in [0.25, 0.3) is 5.91 Å². The van der Waals surface area contributed by atoms with Crippen molar-refractivity contribution < 1.29 is 4.79 Å². The molecule has 1 saturated carbocycles. The summed E-state index contributed by atoms with van der Waals surface area (Å²) in [5.41, 5.74) is 1.64. The minimum Gasteiger partial charge on any atom is -0.369 e. The second-order valence-corrected chi connectivity index (χ2v) is 8.22. The number of pyridine rings is 1. The summed E-state index contributed by atoms with van der Waals surface area (Å²) in [5, 5.41) is 3.15. The summed E-state index contributed by atoms with van der Waals surface area (Å²) in [6, 6.07) is 13.6. The minimum absolute atomic E-state index is 0.0406. The van der Waals surface area contributed by atoms with E-state index >= 15 is 0 Å². The van der Waals surface area contributed by atoms with E-state index in [-0.39, 0.29) is 17.0 Å². The minimum atomic E-state index is -0.193. The van der Waals surface area contributed by atoms with Gasteiger partial charge in [-0.05, 0) is 31.0 Å². The van der Waals surface area contributed by atoms with Gasteiger partial charge in [0, 0.05) is 56.2 Å². The maximum atomic E-state index is 12.6. The molecule has 0 unspecified atom stereocenters. The van der Waals surface area contributed by atoms with Crippen LogP contribution in [-0.2, 0) is 0 Å². The van der Waals surface area contributed by atoms with Gasteiger partial charge in [-0.3, -0.25) is 14.5 Å². The molecule has 1 aliphatic carbocycles. The van der Waals surface area contributed by atoms with Gasteiger partial charge in [0.15, 0.2) is 0 Å². The van der Waals surface area contributed by atoms with Crippen LogP contribution in [0.25, 0.3) is 0 Å². The molecule has 0 atom stereocenters. The van der Waals surface area contributed by atoms with Crippen molar-refractivity contribution in [3.63, 3.8) is 0 Å². The summed E-state index contributed by atoms with van der Waals surface area (Å²) in [6.45, 7) is 4.72. The van der Waals surface area contributed by atoms with Gasteiger partial charge in [-0.1, -0.05) is 37.5 Å². The summed E-state index contributed by atoms with van der Waals surface area (Å²) in [5.74, 6) is -0.117. The highest BCUT2D eigenvalue weighted by Crippen LogP contribution is 2.34. The van der Waals surface area contributed by atoms with Crippen LogP contribution < -0.4 is 15.8 Å². The molecule has 1 amide bonds. The van der Waals surface area contributed by atoms with Crippen molar-refractivity contribution in [1.29, 1.82) is 0 Å². The number of aromatic nitrogens is 1. The van der Waals surface area contributed by atoms with Gasteiger partial charge in [-0.15, -0.1) is 0 Å². The van der Waals surface area contributed by atoms with Gasteiger partial charge >= 0.3 is 0 Å². The molecule has 0 bridgehead atoms. The lowest BCUT2D eigenvalue weighted by Crippen LogP contribution is -2.62. The molecule has 2 aromatic rings. The van der Waals surface area contributed by atoms with E-state index in [1.807, 2.05) is 0 Å². The Morgan fingerprint density at radius 2 is 1.69 bits per heavy atom. The summed E-state index contributed by atoms with van der Waals surface area (Å²) >= 11 is 0. The number of H-pyrrole nitrogens is 1. The van der Waals surface area contributed by atoms with Crippen LogP contribution in [0.3, 0.4) is 0 Å². The number of anilines is 1. The maximum absolute atomic E-state index is 12.6. The van der Waals surface area contributed by atoms with Crippen LogP contribution in [0, 0.1) is 0 Å². The monoisotopic (exact) mass is 394 g/mol. The Morgan fingerprint density at radius 3 is 2.34 bits per heavy atom. The Bertz CT molecular complexity index is 845. The third kappa shape index (κ3) is 4.53. The Labute approximate surface area is 171 Å². The molecule has 2 fully saturated rings. The average molecular weight is 395 g/mol. The van der Waals surface area contributed by atoms with Crippen molar-refractivity contribution in [1.82, 2.24) is 15.2 Å². The smallest absolute Gasteiger partial charge is 0.252 e. The van der Waals surface area contributed by atoms with Crippen molar-refractivity contribution in [2.24, 2.45) is 0 Å². The van der Waals surface area contributed by atoms with E-state index in [9.17, 15) is 9.59 Å². The van der Waals surface area contributed by atoms with E-state index < -0.39 is 0 Å². The molecule has 1 aliphatic heterocycles. The summed E-state index contributed by atoms with van der Waals surface area (Å²) < 4.78 is 0. The quantitative estimate of drug-likeness (QED) is 0.818. The van der Waals surface area contributed by atoms with Gasteiger partial charge in [-0.25, -0.2) is 0 Å². The van der Waals surface area contributed by atoms with Crippen molar-refractivity contribution in [2.75, 3.05) is 37.6 Å². The summed E-state index contributed by atoms with van der Waals surface area (Å²) in [4.78, 5) is 31.5. The molecule has 154 valence electrons. The van der Waals surface area contributed by atoms with Crippen LogP contribution in [0.2, 0.25) is 0 Å². The standard InChI is InChI=1S/C23H30N4O2/c28-21-10-9-19(17-24-21)22(29)25-18-23(11-5-2-6-12-23)27-15-13-26(14-16-27)20-7-3-1-4-8-20/h1,3-4,7-10,17H,2,5-6,11-16,18H2,(H,24,28)(H,25,29). The highest BCUT2D eigenvalue weighted by atomic mass is 16.1. The molecule has 0 radical (unpaired) electrons. The molecule has 2 N–H and O–H groups in total. The zero-order chi connectivity index (χ0) is 20.1. The zero-order valence-electron chi connectivity index (χ0n) is 16.9. The van der Waals surface area contributed by atoms with Crippen LogP contribution in [0.5, 0.6) is 0 Å². The van der Waals surface area contributed by atoms with Gasteiger partial charge in [0.2, 0.25) is 5.56 Å². The van der Waals surface area contributed by atoms with Crippen LogP contribution in [0.15, 0.2) is 53.5 Å². The molecule has 6 nitrogen and oxygen atoms in total. The number of para-hydroxylation sites is 1. The number of carbonyl (C=O) groups excluding carboxylic acids is 1. The molecule has 2 aliphatic rings. The predicted molar refractivity (Wildman–Crippen MR) is 115 cm³/mol. The van der Waals surface area contributed by atoms with Crippen molar-refractivity contribution in [3.8, 4) is 0 Å². The van der Waals surface area contributed by atoms with Gasteiger partial charge in [0.1, 0.15) is 0 Å². The topological polar surface area (TPSA) is 68.4 Å². The number of carbonyl (C=O) groups is 1. The number of rotatable bonds is 5. The second-order valence-electron chi connectivity index (χ2n) is 8.22. The van der Waals surface area contributed by atoms with Crippen LogP contribution in [-0.4, -0.2) is 54.1 Å². The van der Waals surface area contributed by atoms with E-state index in [2.05, 4.69) is 50.4 Å². The Kier molecular flexibility index (Phi) is 6.00. The first kappa shape index (κ1) is 19.7. The van der Waals surface area contributed by atoms with Crippen molar-refractivity contribution in [3.05, 3.63) is 64.6 Å². The number of hydrogen-bond acceptors (Lipinski definition) is 4.